The van der Waals surface area contributed by atoms with E-state index in [0.29, 0.717) is 5.92 Å². The van der Waals surface area contributed by atoms with Gasteiger partial charge in [-0.05, 0) is 49.9 Å². The van der Waals surface area contributed by atoms with Gasteiger partial charge < -0.3 is 5.32 Å². The van der Waals surface area contributed by atoms with Gasteiger partial charge in [0, 0.05) is 24.6 Å². The molecule has 1 aliphatic rings. The number of nitrogens with zero attached hydrogens (tertiary/aromatic N) is 2. The van der Waals surface area contributed by atoms with Gasteiger partial charge in [-0.25, -0.2) is 4.98 Å². The lowest BCUT2D eigenvalue weighted by Crippen LogP contribution is -2.06. The summed E-state index contributed by atoms with van der Waals surface area (Å²) >= 11 is 0. The summed E-state index contributed by atoms with van der Waals surface area (Å²) in [4.78, 5) is 4.53. The molecule has 1 saturated carbocycles. The Bertz CT molecular complexity index is 549. The minimum absolute atomic E-state index is 0.623. The van der Waals surface area contributed by atoms with Crippen molar-refractivity contribution >= 4 is 5.69 Å². The van der Waals surface area contributed by atoms with Crippen molar-refractivity contribution in [1.29, 1.82) is 0 Å². The SMILES string of the molecule is Cc1cc(C)cc(NCCc2nc(C3CC3)n[nH]2)c1. The van der Waals surface area contributed by atoms with E-state index < -0.39 is 0 Å². The third-order valence-corrected chi connectivity index (χ3v) is 3.40. The normalized spacial score (nSPS) is 14.6. The van der Waals surface area contributed by atoms with Crippen molar-refractivity contribution in [1.82, 2.24) is 15.2 Å². The number of aromatic nitrogens is 3. The van der Waals surface area contributed by atoms with Crippen LogP contribution < -0.4 is 5.32 Å². The van der Waals surface area contributed by atoms with E-state index >= 15 is 0 Å². The van der Waals surface area contributed by atoms with E-state index in [4.69, 9.17) is 0 Å². The first-order valence-corrected chi connectivity index (χ1v) is 6.94. The highest BCUT2D eigenvalue weighted by molar-refractivity contribution is 5.48. The zero-order chi connectivity index (χ0) is 13.2. The van der Waals surface area contributed by atoms with Gasteiger partial charge in [0.15, 0.2) is 5.82 Å². The van der Waals surface area contributed by atoms with Gasteiger partial charge in [0.2, 0.25) is 0 Å². The molecule has 4 heteroatoms. The van der Waals surface area contributed by atoms with Crippen LogP contribution in [0, 0.1) is 13.8 Å². The van der Waals surface area contributed by atoms with Crippen LogP contribution in [0.5, 0.6) is 0 Å². The fourth-order valence-electron chi connectivity index (χ4n) is 2.35. The van der Waals surface area contributed by atoms with Crippen LogP contribution in [-0.2, 0) is 6.42 Å². The fourth-order valence-corrected chi connectivity index (χ4v) is 2.35. The van der Waals surface area contributed by atoms with Gasteiger partial charge in [-0.2, -0.15) is 5.10 Å². The molecule has 1 aromatic carbocycles. The van der Waals surface area contributed by atoms with Crippen LogP contribution in [0.3, 0.4) is 0 Å². The van der Waals surface area contributed by atoms with E-state index in [1.54, 1.807) is 0 Å². The summed E-state index contributed by atoms with van der Waals surface area (Å²) in [7, 11) is 0. The molecule has 0 radical (unpaired) electrons. The van der Waals surface area contributed by atoms with Crippen LogP contribution in [0.15, 0.2) is 18.2 Å². The second kappa shape index (κ2) is 5.03. The topological polar surface area (TPSA) is 53.6 Å². The lowest BCUT2D eigenvalue weighted by molar-refractivity contribution is 0.900. The Morgan fingerprint density at radius 2 is 1.95 bits per heavy atom. The highest BCUT2D eigenvalue weighted by atomic mass is 15.2. The van der Waals surface area contributed by atoms with Crippen molar-refractivity contribution < 1.29 is 0 Å². The van der Waals surface area contributed by atoms with Crippen molar-refractivity contribution in [3.05, 3.63) is 41.0 Å². The number of anilines is 1. The van der Waals surface area contributed by atoms with Crippen LogP contribution in [-0.4, -0.2) is 21.7 Å². The molecule has 0 spiro atoms. The Labute approximate surface area is 113 Å². The molecule has 0 aliphatic heterocycles. The molecule has 0 atom stereocenters. The number of aromatic amines is 1. The quantitative estimate of drug-likeness (QED) is 0.864. The Hall–Kier alpha value is -1.84. The number of hydrogen-bond acceptors (Lipinski definition) is 3. The molecule has 2 N–H and O–H groups in total. The molecule has 0 saturated heterocycles. The van der Waals surface area contributed by atoms with Gasteiger partial charge in [-0.15, -0.1) is 0 Å². The van der Waals surface area contributed by atoms with Crippen molar-refractivity contribution in [2.75, 3.05) is 11.9 Å². The second-order valence-corrected chi connectivity index (χ2v) is 5.47. The Balaban J connectivity index is 1.54. The molecule has 3 rings (SSSR count). The fraction of sp³-hybridized carbons (Fsp3) is 0.467. The maximum Gasteiger partial charge on any atom is 0.153 e. The van der Waals surface area contributed by atoms with Gasteiger partial charge >= 0.3 is 0 Å². The van der Waals surface area contributed by atoms with Crippen LogP contribution >= 0.6 is 0 Å². The average Bonchev–Trinajstić information content (AvgIpc) is 3.09. The summed E-state index contributed by atoms with van der Waals surface area (Å²) in [5.41, 5.74) is 3.76. The molecule has 0 amide bonds. The van der Waals surface area contributed by atoms with Crippen LogP contribution in [0.4, 0.5) is 5.69 Å². The first-order chi connectivity index (χ1) is 9.20. The Morgan fingerprint density at radius 1 is 1.21 bits per heavy atom. The minimum atomic E-state index is 0.623. The number of aryl methyl sites for hydroxylation is 2. The van der Waals surface area contributed by atoms with E-state index in [1.807, 2.05) is 0 Å². The number of rotatable bonds is 5. The second-order valence-electron chi connectivity index (χ2n) is 5.47. The molecule has 0 unspecified atom stereocenters. The lowest BCUT2D eigenvalue weighted by atomic mass is 10.1. The summed E-state index contributed by atoms with van der Waals surface area (Å²) in [5, 5.41) is 10.7. The highest BCUT2D eigenvalue weighted by Crippen LogP contribution is 2.37. The molecule has 2 aromatic rings. The molecule has 1 aliphatic carbocycles. The summed E-state index contributed by atoms with van der Waals surface area (Å²) in [5.74, 6) is 2.61. The zero-order valence-corrected chi connectivity index (χ0v) is 11.5. The smallest absolute Gasteiger partial charge is 0.153 e. The molecular weight excluding hydrogens is 236 g/mol. The monoisotopic (exact) mass is 256 g/mol. The first-order valence-electron chi connectivity index (χ1n) is 6.94. The highest BCUT2D eigenvalue weighted by Gasteiger charge is 2.27. The van der Waals surface area contributed by atoms with E-state index in [0.717, 1.165) is 24.6 Å². The van der Waals surface area contributed by atoms with Crippen LogP contribution in [0.25, 0.3) is 0 Å². The summed E-state index contributed by atoms with van der Waals surface area (Å²) in [6.07, 6.45) is 3.38. The Kier molecular flexibility index (Phi) is 3.23. The van der Waals surface area contributed by atoms with E-state index in [2.05, 4.69) is 52.5 Å². The van der Waals surface area contributed by atoms with Gasteiger partial charge in [0.1, 0.15) is 5.82 Å². The van der Waals surface area contributed by atoms with Crippen molar-refractivity contribution in [3.63, 3.8) is 0 Å². The maximum absolute atomic E-state index is 4.53. The summed E-state index contributed by atoms with van der Waals surface area (Å²) < 4.78 is 0. The van der Waals surface area contributed by atoms with Gasteiger partial charge in [0.25, 0.3) is 0 Å². The zero-order valence-electron chi connectivity index (χ0n) is 11.5. The largest absolute Gasteiger partial charge is 0.385 e. The van der Waals surface area contributed by atoms with E-state index in [1.165, 1.54) is 29.7 Å². The van der Waals surface area contributed by atoms with Gasteiger partial charge in [-0.3, -0.25) is 5.10 Å². The molecule has 1 heterocycles. The molecule has 0 bridgehead atoms. The predicted octanol–water partition coefficient (Wildman–Crippen LogP) is 2.95. The van der Waals surface area contributed by atoms with Crippen LogP contribution in [0.1, 0.15) is 41.5 Å². The molecule has 1 aromatic heterocycles. The molecule has 100 valence electrons. The number of benzene rings is 1. The molecule has 1 fully saturated rings. The van der Waals surface area contributed by atoms with Gasteiger partial charge in [0.05, 0.1) is 0 Å². The minimum Gasteiger partial charge on any atom is -0.385 e. The third kappa shape index (κ3) is 3.13. The Morgan fingerprint density at radius 3 is 2.63 bits per heavy atom. The van der Waals surface area contributed by atoms with Crippen molar-refractivity contribution in [3.8, 4) is 0 Å². The van der Waals surface area contributed by atoms with E-state index in [9.17, 15) is 0 Å². The van der Waals surface area contributed by atoms with E-state index in [-0.39, 0.29) is 0 Å². The third-order valence-electron chi connectivity index (χ3n) is 3.40. The number of nitrogens with one attached hydrogen (secondary N) is 2. The van der Waals surface area contributed by atoms with Crippen molar-refractivity contribution in [2.24, 2.45) is 0 Å². The van der Waals surface area contributed by atoms with Gasteiger partial charge in [-0.1, -0.05) is 6.07 Å². The summed E-state index contributed by atoms with van der Waals surface area (Å²) in [6.45, 7) is 5.12. The summed E-state index contributed by atoms with van der Waals surface area (Å²) in [6, 6.07) is 6.52. The maximum atomic E-state index is 4.53. The molecule has 19 heavy (non-hydrogen) atoms. The molecular formula is C15H20N4. The molecule has 4 nitrogen and oxygen atoms in total. The predicted molar refractivity (Wildman–Crippen MR) is 76.5 cm³/mol. The number of H-pyrrole nitrogens is 1. The van der Waals surface area contributed by atoms with Crippen molar-refractivity contribution in [2.45, 2.75) is 39.0 Å². The number of hydrogen-bond donors (Lipinski definition) is 2. The lowest BCUT2D eigenvalue weighted by Gasteiger charge is -2.07. The standard InChI is InChI=1S/C15H20N4/c1-10-7-11(2)9-13(8-10)16-6-5-14-17-15(19-18-14)12-3-4-12/h7-9,12,16H,3-6H2,1-2H3,(H,17,18,19). The average molecular weight is 256 g/mol. The van der Waals surface area contributed by atoms with Crippen LogP contribution in [0.2, 0.25) is 0 Å². The first kappa shape index (κ1) is 12.2.